The van der Waals surface area contributed by atoms with E-state index in [4.69, 9.17) is 0 Å². The molecular formula is C17H24. The largest absolute Gasteiger partial charge is 0.0958 e. The van der Waals surface area contributed by atoms with Crippen molar-refractivity contribution in [3.05, 3.63) is 52.1 Å². The highest BCUT2D eigenvalue weighted by molar-refractivity contribution is 5.62. The molecule has 1 rings (SSSR count). The molecule has 0 aliphatic carbocycles. The summed E-state index contributed by atoms with van der Waals surface area (Å²) in [5.41, 5.74) is 7.98. The molecule has 0 atom stereocenters. The van der Waals surface area contributed by atoms with Crippen LogP contribution < -0.4 is 0 Å². The Morgan fingerprint density at radius 1 is 1.24 bits per heavy atom. The van der Waals surface area contributed by atoms with E-state index in [0.717, 1.165) is 6.42 Å². The van der Waals surface area contributed by atoms with Crippen molar-refractivity contribution in [1.82, 2.24) is 0 Å². The van der Waals surface area contributed by atoms with E-state index in [1.807, 2.05) is 0 Å². The van der Waals surface area contributed by atoms with Crippen LogP contribution in [0.2, 0.25) is 0 Å². The molecule has 0 heteroatoms. The number of allylic oxidation sites excluding steroid dienone is 2. The van der Waals surface area contributed by atoms with Crippen LogP contribution in [0.5, 0.6) is 0 Å². The van der Waals surface area contributed by atoms with Gasteiger partial charge in [-0.1, -0.05) is 49.3 Å². The standard InChI is InChI=1S/C17H24/c1-7-8-16(12(2)3)11-17-10-13(4)9-14(5)15(17)6/h9-11H,2,7-8H2,1,3-6H3/b16-11-. The zero-order chi connectivity index (χ0) is 13.0. The molecular weight excluding hydrogens is 204 g/mol. The highest BCUT2D eigenvalue weighted by Crippen LogP contribution is 2.23. The summed E-state index contributed by atoms with van der Waals surface area (Å²) in [4.78, 5) is 0. The molecule has 0 aliphatic rings. The SMILES string of the molecule is C=C(C)/C(=C\c1cc(C)cc(C)c1C)CCC. The van der Waals surface area contributed by atoms with Crippen LogP contribution in [-0.2, 0) is 0 Å². The molecule has 0 heterocycles. The minimum Gasteiger partial charge on any atom is -0.0958 e. The zero-order valence-corrected chi connectivity index (χ0v) is 11.9. The molecule has 0 aliphatic heterocycles. The smallest absolute Gasteiger partial charge is 0.0219 e. The highest BCUT2D eigenvalue weighted by Gasteiger charge is 2.03. The molecule has 17 heavy (non-hydrogen) atoms. The van der Waals surface area contributed by atoms with E-state index in [1.165, 1.54) is 39.8 Å². The average Bonchev–Trinajstić information content (AvgIpc) is 2.24. The Hall–Kier alpha value is -1.30. The van der Waals surface area contributed by atoms with Crippen molar-refractivity contribution in [1.29, 1.82) is 0 Å². The van der Waals surface area contributed by atoms with Gasteiger partial charge in [-0.3, -0.25) is 0 Å². The minimum absolute atomic E-state index is 1.11. The molecule has 0 radical (unpaired) electrons. The monoisotopic (exact) mass is 228 g/mol. The van der Waals surface area contributed by atoms with Crippen molar-refractivity contribution in [2.45, 2.75) is 47.5 Å². The molecule has 0 bridgehead atoms. The van der Waals surface area contributed by atoms with Gasteiger partial charge in [0.05, 0.1) is 0 Å². The summed E-state index contributed by atoms with van der Waals surface area (Å²) in [7, 11) is 0. The summed E-state index contributed by atoms with van der Waals surface area (Å²) >= 11 is 0. The van der Waals surface area contributed by atoms with Crippen LogP contribution in [0, 0.1) is 20.8 Å². The summed E-state index contributed by atoms with van der Waals surface area (Å²) < 4.78 is 0. The van der Waals surface area contributed by atoms with E-state index < -0.39 is 0 Å². The van der Waals surface area contributed by atoms with Gasteiger partial charge in [0, 0.05) is 0 Å². The molecule has 1 aromatic rings. The first kappa shape index (κ1) is 13.8. The maximum Gasteiger partial charge on any atom is -0.0219 e. The lowest BCUT2D eigenvalue weighted by atomic mass is 9.95. The second-order valence-electron chi connectivity index (χ2n) is 5.00. The van der Waals surface area contributed by atoms with Gasteiger partial charge in [-0.25, -0.2) is 0 Å². The van der Waals surface area contributed by atoms with Crippen LogP contribution in [-0.4, -0.2) is 0 Å². The van der Waals surface area contributed by atoms with E-state index >= 15 is 0 Å². The Labute approximate surface area is 106 Å². The Bertz CT molecular complexity index is 447. The van der Waals surface area contributed by atoms with Crippen LogP contribution >= 0.6 is 0 Å². The predicted molar refractivity (Wildman–Crippen MR) is 78.4 cm³/mol. The molecule has 0 unspecified atom stereocenters. The Morgan fingerprint density at radius 3 is 2.41 bits per heavy atom. The number of aryl methyl sites for hydroxylation is 2. The quantitative estimate of drug-likeness (QED) is 0.608. The van der Waals surface area contributed by atoms with Gasteiger partial charge in [0.2, 0.25) is 0 Å². The molecule has 92 valence electrons. The molecule has 0 nitrogen and oxygen atoms in total. The summed E-state index contributed by atoms with van der Waals surface area (Å²) in [5.74, 6) is 0. The predicted octanol–water partition coefficient (Wildman–Crippen LogP) is 5.37. The van der Waals surface area contributed by atoms with Crippen LogP contribution in [0.15, 0.2) is 29.9 Å². The Balaban J connectivity index is 3.23. The van der Waals surface area contributed by atoms with Crippen LogP contribution in [0.4, 0.5) is 0 Å². The van der Waals surface area contributed by atoms with Gasteiger partial charge in [0.1, 0.15) is 0 Å². The van der Waals surface area contributed by atoms with E-state index in [0.29, 0.717) is 0 Å². The van der Waals surface area contributed by atoms with Crippen molar-refractivity contribution < 1.29 is 0 Å². The molecule has 0 aromatic heterocycles. The number of benzene rings is 1. The summed E-state index contributed by atoms with van der Waals surface area (Å²) in [6.45, 7) is 14.9. The van der Waals surface area contributed by atoms with Crippen LogP contribution in [0.3, 0.4) is 0 Å². The molecule has 0 N–H and O–H groups in total. The third-order valence-electron chi connectivity index (χ3n) is 3.25. The van der Waals surface area contributed by atoms with Crippen molar-refractivity contribution in [3.8, 4) is 0 Å². The normalized spacial score (nSPS) is 11.7. The molecule has 0 fully saturated rings. The highest BCUT2D eigenvalue weighted by atomic mass is 14.1. The van der Waals surface area contributed by atoms with Crippen molar-refractivity contribution >= 4 is 6.08 Å². The maximum atomic E-state index is 4.08. The van der Waals surface area contributed by atoms with Crippen molar-refractivity contribution in [2.75, 3.05) is 0 Å². The van der Waals surface area contributed by atoms with Crippen molar-refractivity contribution in [3.63, 3.8) is 0 Å². The van der Waals surface area contributed by atoms with Gasteiger partial charge < -0.3 is 0 Å². The first-order chi connectivity index (χ1) is 7.95. The van der Waals surface area contributed by atoms with Crippen LogP contribution in [0.1, 0.15) is 48.9 Å². The lowest BCUT2D eigenvalue weighted by Gasteiger charge is -2.10. The average molecular weight is 228 g/mol. The molecule has 0 spiro atoms. The van der Waals surface area contributed by atoms with E-state index in [1.54, 1.807) is 0 Å². The van der Waals surface area contributed by atoms with E-state index in [9.17, 15) is 0 Å². The van der Waals surface area contributed by atoms with Gasteiger partial charge in [-0.15, -0.1) is 0 Å². The zero-order valence-electron chi connectivity index (χ0n) is 11.9. The molecule has 1 aromatic carbocycles. The summed E-state index contributed by atoms with van der Waals surface area (Å²) in [6, 6.07) is 4.51. The topological polar surface area (TPSA) is 0 Å². The Morgan fingerprint density at radius 2 is 1.88 bits per heavy atom. The number of rotatable bonds is 4. The maximum absolute atomic E-state index is 4.08. The van der Waals surface area contributed by atoms with Gasteiger partial charge in [0.25, 0.3) is 0 Å². The van der Waals surface area contributed by atoms with E-state index in [-0.39, 0.29) is 0 Å². The van der Waals surface area contributed by atoms with Gasteiger partial charge in [-0.05, 0) is 56.4 Å². The van der Waals surface area contributed by atoms with Gasteiger partial charge in [-0.2, -0.15) is 0 Å². The lowest BCUT2D eigenvalue weighted by molar-refractivity contribution is 0.918. The fourth-order valence-electron chi connectivity index (χ4n) is 2.09. The minimum atomic E-state index is 1.11. The number of hydrogen-bond donors (Lipinski definition) is 0. The summed E-state index contributed by atoms with van der Waals surface area (Å²) in [6.07, 6.45) is 4.59. The Kier molecular flexibility index (Phi) is 4.74. The van der Waals surface area contributed by atoms with Gasteiger partial charge in [0.15, 0.2) is 0 Å². The number of hydrogen-bond acceptors (Lipinski definition) is 0. The van der Waals surface area contributed by atoms with E-state index in [2.05, 4.69) is 59.4 Å². The second kappa shape index (κ2) is 5.86. The fourth-order valence-corrected chi connectivity index (χ4v) is 2.09. The van der Waals surface area contributed by atoms with Crippen molar-refractivity contribution in [2.24, 2.45) is 0 Å². The molecule has 0 saturated heterocycles. The van der Waals surface area contributed by atoms with Gasteiger partial charge >= 0.3 is 0 Å². The summed E-state index contributed by atoms with van der Waals surface area (Å²) in [5, 5.41) is 0. The third kappa shape index (κ3) is 3.59. The first-order valence-corrected chi connectivity index (χ1v) is 6.40. The van der Waals surface area contributed by atoms with Crippen LogP contribution in [0.25, 0.3) is 6.08 Å². The lowest BCUT2D eigenvalue weighted by Crippen LogP contribution is -1.91. The fraction of sp³-hybridized carbons (Fsp3) is 0.412. The molecule has 0 amide bonds. The molecule has 0 saturated carbocycles. The third-order valence-corrected chi connectivity index (χ3v) is 3.25. The first-order valence-electron chi connectivity index (χ1n) is 6.40. The second-order valence-corrected chi connectivity index (χ2v) is 5.00.